The van der Waals surface area contributed by atoms with Crippen LogP contribution in [0.25, 0.3) is 0 Å². The van der Waals surface area contributed by atoms with Crippen LogP contribution in [0.4, 0.5) is 0 Å². The first-order chi connectivity index (χ1) is 55.9. The highest BCUT2D eigenvalue weighted by atomic mass is 16.5. The predicted molar refractivity (Wildman–Crippen MR) is 468 cm³/mol. The van der Waals surface area contributed by atoms with Crippen molar-refractivity contribution < 1.29 is 69.0 Å². The van der Waals surface area contributed by atoms with Crippen LogP contribution in [0.15, 0.2) is 146 Å². The molecule has 7 N–H and O–H groups in total. The fourth-order valence-electron chi connectivity index (χ4n) is 16.5. The van der Waals surface area contributed by atoms with Crippen molar-refractivity contribution in [1.82, 2.24) is 0 Å². The van der Waals surface area contributed by atoms with E-state index < -0.39 is 11.2 Å². The third-order valence-corrected chi connectivity index (χ3v) is 24.5. The Hall–Kier alpha value is -6.49. The Morgan fingerprint density at radius 1 is 0.417 bits per heavy atom. The average molecular weight is 1590 g/mol. The van der Waals surface area contributed by atoms with Gasteiger partial charge in [-0.25, -0.2) is 0 Å². The number of hydrogen-bond acceptors (Lipinski definition) is 14. The fraction of sp³-hybridized carbons (Fsp3) is 0.634. The van der Waals surface area contributed by atoms with Crippen molar-refractivity contribution in [2.24, 2.45) is 35.5 Å². The number of aliphatic hydroxyl groups is 7. The molecule has 6 aliphatic rings. The van der Waals surface area contributed by atoms with Gasteiger partial charge >= 0.3 is 0 Å². The first-order valence-electron chi connectivity index (χ1n) is 45.5. The number of ether oxygens (including phenoxy) is 6. The lowest BCUT2D eigenvalue weighted by Gasteiger charge is -2.31. The van der Waals surface area contributed by atoms with Crippen molar-refractivity contribution >= 4 is 5.78 Å². The van der Waals surface area contributed by atoms with E-state index in [1.165, 1.54) is 147 Å². The van der Waals surface area contributed by atoms with Crippen LogP contribution < -0.4 is 28.4 Å². The first-order valence-corrected chi connectivity index (χ1v) is 45.5. The molecule has 0 spiro atoms. The molecule has 640 valence electrons. The van der Waals surface area contributed by atoms with E-state index >= 15 is 0 Å². The van der Waals surface area contributed by atoms with Crippen LogP contribution in [0.3, 0.4) is 0 Å². The minimum Gasteiger partial charge on any atom is -0.493 e. The quantitative estimate of drug-likeness (QED) is 0.0180. The molecule has 4 unspecified atom stereocenters. The molecule has 0 saturated heterocycles. The number of carbonyl (C=O) groups is 1. The summed E-state index contributed by atoms with van der Waals surface area (Å²) >= 11 is 0. The van der Waals surface area contributed by atoms with Gasteiger partial charge in [-0.15, -0.1) is 0 Å². The van der Waals surface area contributed by atoms with Gasteiger partial charge in [-0.05, 0) is 245 Å². The van der Waals surface area contributed by atoms with Crippen LogP contribution >= 0.6 is 0 Å². The molecule has 6 saturated carbocycles. The van der Waals surface area contributed by atoms with Crippen molar-refractivity contribution in [3.8, 4) is 34.5 Å². The van der Waals surface area contributed by atoms with Gasteiger partial charge in [-0.2, -0.15) is 0 Å². The monoisotopic (exact) mass is 1590 g/mol. The van der Waals surface area contributed by atoms with E-state index in [0.29, 0.717) is 36.7 Å². The molecule has 6 aromatic rings. The minimum absolute atomic E-state index is 0.148. The molecule has 0 aliphatic heterocycles. The Bertz CT molecular complexity index is 3520. The van der Waals surface area contributed by atoms with E-state index in [1.807, 2.05) is 141 Å². The van der Waals surface area contributed by atoms with Gasteiger partial charge in [-0.1, -0.05) is 243 Å². The summed E-state index contributed by atoms with van der Waals surface area (Å²) in [7, 11) is 0. The molecule has 0 aromatic heterocycles. The molecule has 14 heteroatoms. The first kappa shape index (κ1) is 95.6. The van der Waals surface area contributed by atoms with Gasteiger partial charge in [0.15, 0.2) is 5.78 Å². The normalized spacial score (nSPS) is 18.3. The van der Waals surface area contributed by atoms with Gasteiger partial charge < -0.3 is 64.2 Å². The summed E-state index contributed by atoms with van der Waals surface area (Å²) in [6.45, 7) is 18.9. The third-order valence-electron chi connectivity index (χ3n) is 24.5. The lowest BCUT2D eigenvalue weighted by atomic mass is 9.85. The maximum Gasteiger partial charge on any atom is 0.162 e. The third kappa shape index (κ3) is 35.5. The SMILES string of the molecule is CCCC(=O)c1cccc(OCC2(O)CCCCC2)c1.CCCC(CO)c1cccc(OCC2CCCCC2)c1.CCCC(O)(CO)c1cccc(OCC2CCCCC2)c1.CCCC(O)c1cccc(OCC2CCC2)c1.CCCC(O)c1cccc(OCC2CCCC2)c1.CC[C@@H](C)[C@@H](O)c1cccc(OCC2CCCC2)c1. The van der Waals surface area contributed by atoms with Crippen LogP contribution in [0.1, 0.15) is 348 Å². The molecule has 14 nitrogen and oxygen atoms in total. The van der Waals surface area contributed by atoms with Crippen LogP contribution in [-0.4, -0.2) is 100.0 Å². The molecular formula is C101H152O14. The average Bonchev–Trinajstić information content (AvgIpc) is 1.73. The highest BCUT2D eigenvalue weighted by Gasteiger charge is 2.31. The van der Waals surface area contributed by atoms with E-state index in [0.717, 1.165) is 191 Å². The van der Waals surface area contributed by atoms with Crippen LogP contribution in [-0.2, 0) is 5.60 Å². The maximum absolute atomic E-state index is 11.9. The topological polar surface area (TPSA) is 214 Å². The Morgan fingerprint density at radius 2 is 0.783 bits per heavy atom. The van der Waals surface area contributed by atoms with Gasteiger partial charge in [0.25, 0.3) is 0 Å². The van der Waals surface area contributed by atoms with Gasteiger partial charge in [0.1, 0.15) is 46.7 Å². The lowest BCUT2D eigenvalue weighted by molar-refractivity contribution is -0.0339. The molecule has 0 heterocycles. The van der Waals surface area contributed by atoms with Crippen LogP contribution in [0, 0.1) is 35.5 Å². The molecular weight excluding hydrogens is 1440 g/mol. The van der Waals surface area contributed by atoms with Crippen molar-refractivity contribution in [1.29, 1.82) is 0 Å². The summed E-state index contributed by atoms with van der Waals surface area (Å²) in [5.41, 5.74) is 3.71. The number of Topliss-reactive ketones (excluding diaryl/α,β-unsaturated/α-hetero) is 1. The fourth-order valence-corrected chi connectivity index (χ4v) is 16.5. The van der Waals surface area contributed by atoms with E-state index in [2.05, 4.69) is 46.8 Å². The zero-order chi connectivity index (χ0) is 82.3. The second-order valence-corrected chi connectivity index (χ2v) is 34.3. The van der Waals surface area contributed by atoms with Crippen molar-refractivity contribution in [3.05, 3.63) is 179 Å². The smallest absolute Gasteiger partial charge is 0.162 e. The molecule has 6 atom stereocenters. The molecule has 0 amide bonds. The number of aliphatic hydroxyl groups excluding tert-OH is 5. The molecule has 6 aromatic carbocycles. The summed E-state index contributed by atoms with van der Waals surface area (Å²) < 4.78 is 35.1. The van der Waals surface area contributed by atoms with E-state index in [-0.39, 0.29) is 49.1 Å². The lowest BCUT2D eigenvalue weighted by Crippen LogP contribution is -2.37. The summed E-state index contributed by atoms with van der Waals surface area (Å²) in [5.74, 6) is 9.39. The predicted octanol–water partition coefficient (Wildman–Crippen LogP) is 24.0. The summed E-state index contributed by atoms with van der Waals surface area (Å²) in [5, 5.41) is 70.1. The van der Waals surface area contributed by atoms with Crippen LogP contribution in [0.5, 0.6) is 34.5 Å². The van der Waals surface area contributed by atoms with Gasteiger partial charge in [0, 0.05) is 24.5 Å². The van der Waals surface area contributed by atoms with Crippen molar-refractivity contribution in [2.75, 3.05) is 52.9 Å². The van der Waals surface area contributed by atoms with Crippen molar-refractivity contribution in [2.45, 2.75) is 321 Å². The molecule has 115 heavy (non-hydrogen) atoms. The molecule has 0 radical (unpaired) electrons. The Balaban J connectivity index is 0.000000191. The van der Waals surface area contributed by atoms with E-state index in [4.69, 9.17) is 28.4 Å². The largest absolute Gasteiger partial charge is 0.493 e. The zero-order valence-corrected chi connectivity index (χ0v) is 71.9. The Morgan fingerprint density at radius 3 is 1.17 bits per heavy atom. The maximum atomic E-state index is 11.9. The summed E-state index contributed by atoms with van der Waals surface area (Å²) in [6, 6.07) is 46.8. The molecule has 12 rings (SSSR count). The van der Waals surface area contributed by atoms with Crippen molar-refractivity contribution in [3.63, 3.8) is 0 Å². The second-order valence-electron chi connectivity index (χ2n) is 34.3. The molecule has 0 bridgehead atoms. The highest BCUT2D eigenvalue weighted by molar-refractivity contribution is 5.96. The number of benzene rings is 6. The second kappa shape index (κ2) is 54.6. The minimum atomic E-state index is -1.15. The molecule has 6 fully saturated rings. The van der Waals surface area contributed by atoms with Gasteiger partial charge in [0.2, 0.25) is 0 Å². The zero-order valence-electron chi connectivity index (χ0n) is 71.9. The van der Waals surface area contributed by atoms with Gasteiger partial charge in [0.05, 0.1) is 63.6 Å². The van der Waals surface area contributed by atoms with E-state index in [1.54, 1.807) is 6.07 Å². The number of carbonyl (C=O) groups excluding carboxylic acids is 1. The Kier molecular flexibility index (Phi) is 45.4. The number of ketones is 1. The molecule has 6 aliphatic carbocycles. The number of rotatable bonds is 38. The number of hydrogen-bond donors (Lipinski definition) is 7. The Labute approximate surface area is 694 Å². The van der Waals surface area contributed by atoms with Gasteiger partial charge in [-0.3, -0.25) is 4.79 Å². The standard InChI is InChI=1S/C18H28O3.C18H28O2.C17H24O3.C17H26O2.C16H24O2.C15H22O2/c1-2-11-18(20,14-19)16-9-6-10-17(12-16)21-13-15-7-4-3-5-8-15;1-2-7-17(13-19)16-10-6-11-18(12-16)20-14-15-8-4-3-5-9-15;1-2-7-16(18)14-8-6-9-15(12-14)20-13-17(19)10-4-3-5-11-17;1-3-13(2)17(18)15-9-6-10-16(11-15)19-12-14-7-4-5-8-14;1-2-6-16(17)14-9-5-10-15(11-14)18-12-13-7-3-4-8-13;1-2-5-15(16)13-8-4-9-14(10-13)17-11-12-6-3-7-12/h6,9-10,12,15,19-20H,2-5,7-8,11,13-14H2,1H3;6,10-12,15,17,19H,2-5,7-9,13-14H2,1H3;6,8-9,12,19H,2-5,7,10-11,13H2,1H3;6,9-11,13-14,17-18H,3-5,7-8,12H2,1-2H3;5,9-11,13,16-17H,2-4,6-8,12H2,1H3;4,8-10,12,15-16H,2-3,5-7,11H2,1H3/t;;;13-,17-;;/m...1../s1. The highest BCUT2D eigenvalue weighted by Crippen LogP contribution is 2.36. The summed E-state index contributed by atoms with van der Waals surface area (Å²) in [6.07, 6.45) is 41.1. The van der Waals surface area contributed by atoms with E-state index in [9.17, 15) is 40.5 Å². The summed E-state index contributed by atoms with van der Waals surface area (Å²) in [4.78, 5) is 11.9. The van der Waals surface area contributed by atoms with Crippen LogP contribution in [0.2, 0.25) is 0 Å².